The van der Waals surface area contributed by atoms with Crippen molar-refractivity contribution in [2.24, 2.45) is 0 Å². The Hall–Kier alpha value is -0.590. The normalized spacial score (nSPS) is 18.5. The van der Waals surface area contributed by atoms with Crippen LogP contribution in [0.3, 0.4) is 0 Å². The summed E-state index contributed by atoms with van der Waals surface area (Å²) in [5.41, 5.74) is 3.02. The van der Waals surface area contributed by atoms with Gasteiger partial charge in [0.05, 0.1) is 0 Å². The zero-order chi connectivity index (χ0) is 14.3. The fourth-order valence-electron chi connectivity index (χ4n) is 2.52. The van der Waals surface area contributed by atoms with Crippen molar-refractivity contribution in [1.82, 2.24) is 0 Å². The summed E-state index contributed by atoms with van der Waals surface area (Å²) in [6.45, 7) is 2.06. The van der Waals surface area contributed by atoms with E-state index in [4.69, 9.17) is 4.74 Å². The Morgan fingerprint density at radius 1 is 1.30 bits per heavy atom. The molecule has 0 bridgehead atoms. The van der Waals surface area contributed by atoms with Crippen LogP contribution in [0.1, 0.15) is 29.7 Å². The van der Waals surface area contributed by atoms with Crippen LogP contribution in [0.2, 0.25) is 0 Å². The van der Waals surface area contributed by atoms with E-state index in [2.05, 4.69) is 51.5 Å². The van der Waals surface area contributed by atoms with Crippen LogP contribution in [0.4, 0.5) is 0 Å². The molecule has 3 rings (SSSR count). The smallest absolute Gasteiger partial charge is 0.123 e. The lowest BCUT2D eigenvalue weighted by molar-refractivity contribution is 0.219. The number of rotatable bonds is 2. The van der Waals surface area contributed by atoms with Crippen LogP contribution in [-0.4, -0.2) is 11.2 Å². The quantitative estimate of drug-likeness (QED) is 0.693. The summed E-state index contributed by atoms with van der Waals surface area (Å²) in [5.74, 6) is 0.942. The molecule has 0 amide bonds. The lowest BCUT2D eigenvalue weighted by atomic mass is 9.98. The van der Waals surface area contributed by atoms with Crippen LogP contribution in [0.25, 0.3) is 0 Å². The molecule has 2 unspecified atom stereocenters. The van der Waals surface area contributed by atoms with Crippen LogP contribution in [0.15, 0.2) is 40.9 Å². The van der Waals surface area contributed by atoms with Crippen molar-refractivity contribution in [2.45, 2.75) is 25.6 Å². The summed E-state index contributed by atoms with van der Waals surface area (Å²) in [5, 5.41) is 10.6. The lowest BCUT2D eigenvalue weighted by Crippen LogP contribution is -2.05. The highest BCUT2D eigenvalue weighted by molar-refractivity contribution is 14.1. The maximum Gasteiger partial charge on any atom is 0.123 e. The minimum absolute atomic E-state index is 0.225. The van der Waals surface area contributed by atoms with Crippen molar-refractivity contribution in [3.05, 3.63) is 61.1 Å². The molecule has 104 valence electrons. The average Bonchev–Trinajstić information content (AvgIpc) is 2.79. The van der Waals surface area contributed by atoms with Crippen molar-refractivity contribution in [3.8, 4) is 5.75 Å². The number of aliphatic hydroxyl groups is 1. The molecule has 0 saturated carbocycles. The molecule has 4 heteroatoms. The first-order chi connectivity index (χ1) is 9.54. The number of hydrogen-bond donors (Lipinski definition) is 1. The summed E-state index contributed by atoms with van der Waals surface area (Å²) < 4.78 is 7.74. The number of halogens is 2. The maximum absolute atomic E-state index is 10.6. The van der Waals surface area contributed by atoms with E-state index >= 15 is 0 Å². The van der Waals surface area contributed by atoms with Crippen molar-refractivity contribution >= 4 is 38.5 Å². The summed E-state index contributed by atoms with van der Waals surface area (Å²) in [6.07, 6.45) is 0.523. The second kappa shape index (κ2) is 5.66. The molecule has 1 N–H and O–H groups in total. The van der Waals surface area contributed by atoms with Gasteiger partial charge in [0, 0.05) is 14.5 Å². The van der Waals surface area contributed by atoms with E-state index < -0.39 is 6.10 Å². The van der Waals surface area contributed by atoms with Gasteiger partial charge >= 0.3 is 0 Å². The molecule has 2 aromatic carbocycles. The molecule has 0 saturated heterocycles. The average molecular weight is 445 g/mol. The minimum atomic E-state index is -0.611. The third kappa shape index (κ3) is 2.73. The first-order valence-electron chi connectivity index (χ1n) is 6.47. The second-order valence-electron chi connectivity index (χ2n) is 5.07. The number of hydrogen-bond acceptors (Lipinski definition) is 2. The van der Waals surface area contributed by atoms with Gasteiger partial charge in [-0.15, -0.1) is 0 Å². The molecule has 1 heterocycles. The Morgan fingerprint density at radius 3 is 2.90 bits per heavy atom. The molecule has 1 aliphatic heterocycles. The highest BCUT2D eigenvalue weighted by atomic mass is 127. The lowest BCUT2D eigenvalue weighted by Gasteiger charge is -2.14. The Bertz CT molecular complexity index is 657. The molecule has 2 atom stereocenters. The summed E-state index contributed by atoms with van der Waals surface area (Å²) >= 11 is 5.71. The highest BCUT2D eigenvalue weighted by Crippen LogP contribution is 2.34. The SMILES string of the molecule is CC1Cc2cc(C(O)c3cc(Br)ccc3I)ccc2O1. The van der Waals surface area contributed by atoms with Crippen LogP contribution >= 0.6 is 38.5 Å². The van der Waals surface area contributed by atoms with Gasteiger partial charge in [-0.05, 0) is 76.5 Å². The summed E-state index contributed by atoms with van der Waals surface area (Å²) in [7, 11) is 0. The van der Waals surface area contributed by atoms with Crippen LogP contribution in [-0.2, 0) is 6.42 Å². The van der Waals surface area contributed by atoms with E-state index in [0.717, 1.165) is 31.3 Å². The Labute approximate surface area is 140 Å². The van der Waals surface area contributed by atoms with Gasteiger partial charge in [0.25, 0.3) is 0 Å². The zero-order valence-electron chi connectivity index (χ0n) is 10.9. The third-order valence-electron chi connectivity index (χ3n) is 3.49. The summed E-state index contributed by atoms with van der Waals surface area (Å²) in [6, 6.07) is 11.9. The molecule has 0 fully saturated rings. The van der Waals surface area contributed by atoms with E-state index in [0.29, 0.717) is 0 Å². The standard InChI is InChI=1S/C16H14BrIO2/c1-9-6-11-7-10(2-5-15(11)20-9)16(19)13-8-12(17)3-4-14(13)18/h2-5,7-9,16,19H,6H2,1H3. The minimum Gasteiger partial charge on any atom is -0.490 e. The molecular weight excluding hydrogens is 431 g/mol. The van der Waals surface area contributed by atoms with E-state index in [1.54, 1.807) is 0 Å². The third-order valence-corrected chi connectivity index (χ3v) is 4.96. The number of benzene rings is 2. The molecule has 0 spiro atoms. The van der Waals surface area contributed by atoms with E-state index in [1.807, 2.05) is 30.3 Å². The molecule has 2 aromatic rings. The zero-order valence-corrected chi connectivity index (χ0v) is 14.7. The predicted octanol–water partition coefficient (Wildman–Crippen LogP) is 4.46. The molecule has 20 heavy (non-hydrogen) atoms. The first-order valence-corrected chi connectivity index (χ1v) is 8.34. The molecule has 2 nitrogen and oxygen atoms in total. The van der Waals surface area contributed by atoms with E-state index in [1.165, 1.54) is 5.56 Å². The van der Waals surface area contributed by atoms with Gasteiger partial charge < -0.3 is 9.84 Å². The monoisotopic (exact) mass is 444 g/mol. The Balaban J connectivity index is 1.97. The van der Waals surface area contributed by atoms with Crippen LogP contribution in [0.5, 0.6) is 5.75 Å². The summed E-state index contributed by atoms with van der Waals surface area (Å²) in [4.78, 5) is 0. The van der Waals surface area contributed by atoms with E-state index in [-0.39, 0.29) is 6.10 Å². The fraction of sp³-hybridized carbons (Fsp3) is 0.250. The fourth-order valence-corrected chi connectivity index (χ4v) is 3.53. The van der Waals surface area contributed by atoms with Gasteiger partial charge in [-0.1, -0.05) is 22.0 Å². The highest BCUT2D eigenvalue weighted by Gasteiger charge is 2.21. The number of aliphatic hydroxyl groups excluding tert-OH is 1. The Kier molecular flexibility index (Phi) is 4.06. The molecule has 0 radical (unpaired) electrons. The van der Waals surface area contributed by atoms with Gasteiger partial charge in [0.2, 0.25) is 0 Å². The van der Waals surface area contributed by atoms with Gasteiger partial charge in [-0.2, -0.15) is 0 Å². The van der Waals surface area contributed by atoms with Gasteiger partial charge in [-0.25, -0.2) is 0 Å². The molecule has 1 aliphatic rings. The number of fused-ring (bicyclic) bond motifs is 1. The van der Waals surface area contributed by atoms with Crippen LogP contribution < -0.4 is 4.74 Å². The largest absolute Gasteiger partial charge is 0.490 e. The molecule has 0 aromatic heterocycles. The van der Waals surface area contributed by atoms with Gasteiger partial charge in [0.1, 0.15) is 18.0 Å². The van der Waals surface area contributed by atoms with Crippen molar-refractivity contribution in [2.75, 3.05) is 0 Å². The molecule has 0 aliphatic carbocycles. The van der Waals surface area contributed by atoms with Crippen LogP contribution in [0, 0.1) is 3.57 Å². The van der Waals surface area contributed by atoms with Gasteiger partial charge in [0.15, 0.2) is 0 Å². The predicted molar refractivity (Wildman–Crippen MR) is 91.2 cm³/mol. The molecular formula is C16H14BrIO2. The van der Waals surface area contributed by atoms with Gasteiger partial charge in [-0.3, -0.25) is 0 Å². The second-order valence-corrected chi connectivity index (χ2v) is 7.15. The first kappa shape index (κ1) is 14.4. The van der Waals surface area contributed by atoms with Crippen molar-refractivity contribution < 1.29 is 9.84 Å². The number of ether oxygens (including phenoxy) is 1. The topological polar surface area (TPSA) is 29.5 Å². The van der Waals surface area contributed by atoms with Crippen molar-refractivity contribution in [1.29, 1.82) is 0 Å². The van der Waals surface area contributed by atoms with E-state index in [9.17, 15) is 5.11 Å². The Morgan fingerprint density at radius 2 is 2.10 bits per heavy atom. The van der Waals surface area contributed by atoms with Crippen molar-refractivity contribution in [3.63, 3.8) is 0 Å². The maximum atomic E-state index is 10.6.